The fourth-order valence-electron chi connectivity index (χ4n) is 3.71. The first-order valence-electron chi connectivity index (χ1n) is 10.6. The van der Waals surface area contributed by atoms with Crippen LogP contribution in [-0.2, 0) is 20.7 Å². The molecule has 2 aromatic rings. The lowest BCUT2D eigenvalue weighted by molar-refractivity contribution is -0.142. The zero-order valence-electron chi connectivity index (χ0n) is 17.6. The molecule has 0 saturated carbocycles. The standard InChI is InChI=1S/C22H26N4O5S/c27-20(24-22(29)23-8-7-16-4-3-13-32-16)15-26-14-19(21(28)25-9-11-30-12-10-25)31-18-6-2-1-5-17(18)26/h1-6,13,19H,7-12,14-15H2,(H2,23,24,27,29)/t19-/m0/s1. The van der Waals surface area contributed by atoms with Gasteiger partial charge in [0.1, 0.15) is 5.75 Å². The summed E-state index contributed by atoms with van der Waals surface area (Å²) in [7, 11) is 0. The summed E-state index contributed by atoms with van der Waals surface area (Å²) in [6.45, 7) is 2.65. The second kappa shape index (κ2) is 10.5. The van der Waals surface area contributed by atoms with E-state index in [9.17, 15) is 14.4 Å². The number of urea groups is 1. The highest BCUT2D eigenvalue weighted by Crippen LogP contribution is 2.33. The van der Waals surface area contributed by atoms with Gasteiger partial charge in [-0.05, 0) is 30.0 Å². The van der Waals surface area contributed by atoms with Gasteiger partial charge in [-0.15, -0.1) is 11.3 Å². The van der Waals surface area contributed by atoms with Crippen LogP contribution in [0.25, 0.3) is 0 Å². The second-order valence-corrected chi connectivity index (χ2v) is 8.56. The fourth-order valence-corrected chi connectivity index (χ4v) is 4.42. The Morgan fingerprint density at radius 1 is 1.09 bits per heavy atom. The Hall–Kier alpha value is -3.11. The summed E-state index contributed by atoms with van der Waals surface area (Å²) in [6, 6.07) is 10.7. The number of fused-ring (bicyclic) bond motifs is 1. The molecule has 9 nitrogen and oxygen atoms in total. The molecule has 1 aromatic carbocycles. The van der Waals surface area contributed by atoms with Crippen molar-refractivity contribution in [2.75, 3.05) is 50.8 Å². The van der Waals surface area contributed by atoms with Crippen LogP contribution in [-0.4, -0.2) is 74.8 Å². The van der Waals surface area contributed by atoms with E-state index in [1.807, 2.05) is 35.7 Å². The highest BCUT2D eigenvalue weighted by Gasteiger charge is 2.34. The average molecular weight is 459 g/mol. The van der Waals surface area contributed by atoms with Crippen molar-refractivity contribution in [2.45, 2.75) is 12.5 Å². The minimum absolute atomic E-state index is 0.0639. The van der Waals surface area contributed by atoms with Gasteiger partial charge in [0.25, 0.3) is 5.91 Å². The Labute approximate surface area is 190 Å². The Morgan fingerprint density at radius 3 is 2.69 bits per heavy atom. The van der Waals surface area contributed by atoms with Crippen LogP contribution in [0, 0.1) is 0 Å². The molecule has 4 rings (SSSR count). The molecule has 0 aliphatic carbocycles. The van der Waals surface area contributed by atoms with Crippen molar-refractivity contribution in [3.8, 4) is 5.75 Å². The first-order chi connectivity index (χ1) is 15.6. The number of amides is 4. The summed E-state index contributed by atoms with van der Waals surface area (Å²) in [5.74, 6) is -0.0361. The minimum atomic E-state index is -0.726. The van der Waals surface area contributed by atoms with Crippen LogP contribution < -0.4 is 20.3 Å². The number of anilines is 1. The second-order valence-electron chi connectivity index (χ2n) is 7.53. The lowest BCUT2D eigenvalue weighted by atomic mass is 10.1. The van der Waals surface area contributed by atoms with E-state index in [1.54, 1.807) is 27.2 Å². The molecule has 0 spiro atoms. The van der Waals surface area contributed by atoms with Crippen molar-refractivity contribution in [2.24, 2.45) is 0 Å². The first kappa shape index (κ1) is 22.1. The summed E-state index contributed by atoms with van der Waals surface area (Å²) in [6.07, 6.45) is -0.0167. The molecule has 2 N–H and O–H groups in total. The van der Waals surface area contributed by atoms with Gasteiger partial charge in [0.05, 0.1) is 32.0 Å². The third kappa shape index (κ3) is 5.57. The van der Waals surface area contributed by atoms with Gasteiger partial charge in [-0.3, -0.25) is 14.9 Å². The molecule has 2 aliphatic heterocycles. The Morgan fingerprint density at radius 2 is 1.91 bits per heavy atom. The molecule has 1 aromatic heterocycles. The van der Waals surface area contributed by atoms with Crippen LogP contribution in [0.2, 0.25) is 0 Å². The molecule has 0 unspecified atom stereocenters. The van der Waals surface area contributed by atoms with E-state index in [-0.39, 0.29) is 19.0 Å². The zero-order chi connectivity index (χ0) is 22.3. The van der Waals surface area contributed by atoms with Crippen molar-refractivity contribution in [3.05, 3.63) is 46.7 Å². The number of ether oxygens (including phenoxy) is 2. The zero-order valence-corrected chi connectivity index (χ0v) is 18.4. The molecule has 1 fully saturated rings. The maximum atomic E-state index is 12.9. The topological polar surface area (TPSA) is 100 Å². The Bertz CT molecular complexity index is 946. The van der Waals surface area contributed by atoms with Crippen LogP contribution in [0.1, 0.15) is 4.88 Å². The number of carbonyl (C=O) groups excluding carboxylic acids is 3. The fraction of sp³-hybridized carbons (Fsp3) is 0.409. The average Bonchev–Trinajstić information content (AvgIpc) is 3.32. The highest BCUT2D eigenvalue weighted by atomic mass is 32.1. The van der Waals surface area contributed by atoms with Crippen molar-refractivity contribution in [1.82, 2.24) is 15.5 Å². The van der Waals surface area contributed by atoms with E-state index in [4.69, 9.17) is 9.47 Å². The summed E-state index contributed by atoms with van der Waals surface area (Å²) >= 11 is 1.62. The van der Waals surface area contributed by atoms with E-state index in [1.165, 1.54) is 0 Å². The molecule has 170 valence electrons. The van der Waals surface area contributed by atoms with Crippen molar-refractivity contribution in [3.63, 3.8) is 0 Å². The number of hydrogen-bond acceptors (Lipinski definition) is 7. The van der Waals surface area contributed by atoms with Gasteiger partial charge < -0.3 is 24.6 Å². The van der Waals surface area contributed by atoms with Gasteiger partial charge in [-0.25, -0.2) is 4.79 Å². The molecule has 1 atom stereocenters. The molecule has 4 amide bonds. The number of hydrogen-bond donors (Lipinski definition) is 2. The third-order valence-electron chi connectivity index (χ3n) is 5.28. The number of para-hydroxylation sites is 2. The maximum Gasteiger partial charge on any atom is 0.321 e. The van der Waals surface area contributed by atoms with Gasteiger partial charge in [0, 0.05) is 24.5 Å². The predicted molar refractivity (Wildman–Crippen MR) is 120 cm³/mol. The number of benzene rings is 1. The largest absolute Gasteiger partial charge is 0.477 e. The van der Waals surface area contributed by atoms with E-state index < -0.39 is 18.0 Å². The molecule has 10 heteroatoms. The molecule has 1 saturated heterocycles. The number of thiophene rings is 1. The predicted octanol–water partition coefficient (Wildman–Crippen LogP) is 1.24. The van der Waals surface area contributed by atoms with E-state index in [2.05, 4.69) is 10.6 Å². The van der Waals surface area contributed by atoms with Gasteiger partial charge in [-0.1, -0.05) is 18.2 Å². The number of carbonyl (C=O) groups is 3. The van der Waals surface area contributed by atoms with Crippen LogP contribution >= 0.6 is 11.3 Å². The Kier molecular flexibility index (Phi) is 7.23. The monoisotopic (exact) mass is 458 g/mol. The van der Waals surface area contributed by atoms with Crippen LogP contribution in [0.3, 0.4) is 0 Å². The summed E-state index contributed by atoms with van der Waals surface area (Å²) in [5.41, 5.74) is 0.715. The van der Waals surface area contributed by atoms with Gasteiger partial charge in [0.2, 0.25) is 5.91 Å². The summed E-state index contributed by atoms with van der Waals surface area (Å²) < 4.78 is 11.3. The number of imide groups is 1. The van der Waals surface area contributed by atoms with E-state index in [0.29, 0.717) is 50.7 Å². The maximum absolute atomic E-state index is 12.9. The molecule has 0 bridgehead atoms. The van der Waals surface area contributed by atoms with Gasteiger partial charge in [0.15, 0.2) is 6.10 Å². The van der Waals surface area contributed by atoms with Crippen LogP contribution in [0.15, 0.2) is 41.8 Å². The van der Waals surface area contributed by atoms with Gasteiger partial charge in [-0.2, -0.15) is 0 Å². The van der Waals surface area contributed by atoms with E-state index >= 15 is 0 Å². The van der Waals surface area contributed by atoms with Gasteiger partial charge >= 0.3 is 6.03 Å². The quantitative estimate of drug-likeness (QED) is 0.676. The lowest BCUT2D eigenvalue weighted by Crippen LogP contribution is -2.54. The third-order valence-corrected chi connectivity index (χ3v) is 6.22. The smallest absolute Gasteiger partial charge is 0.321 e. The minimum Gasteiger partial charge on any atom is -0.477 e. The van der Waals surface area contributed by atoms with Crippen molar-refractivity contribution in [1.29, 1.82) is 0 Å². The molecule has 32 heavy (non-hydrogen) atoms. The summed E-state index contributed by atoms with van der Waals surface area (Å²) in [5, 5.41) is 7.05. The number of morpholine rings is 1. The first-order valence-corrected chi connectivity index (χ1v) is 11.5. The normalized spacial score (nSPS) is 17.8. The molecule has 0 radical (unpaired) electrons. The Balaban J connectivity index is 1.34. The van der Waals surface area contributed by atoms with Crippen molar-refractivity contribution >= 4 is 34.9 Å². The molecule has 3 heterocycles. The summed E-state index contributed by atoms with van der Waals surface area (Å²) in [4.78, 5) is 42.2. The molecular weight excluding hydrogens is 432 g/mol. The number of rotatable bonds is 6. The lowest BCUT2D eigenvalue weighted by Gasteiger charge is -2.37. The highest BCUT2D eigenvalue weighted by molar-refractivity contribution is 7.09. The SMILES string of the molecule is O=C(CN1C[C@@H](C(=O)N2CCOCC2)Oc2ccccc21)NC(=O)NCCc1cccs1. The molecule has 2 aliphatic rings. The van der Waals surface area contributed by atoms with E-state index in [0.717, 1.165) is 4.88 Å². The number of nitrogens with one attached hydrogen (secondary N) is 2. The number of nitrogens with zero attached hydrogens (tertiary/aromatic N) is 2. The van der Waals surface area contributed by atoms with Crippen LogP contribution in [0.4, 0.5) is 10.5 Å². The van der Waals surface area contributed by atoms with Crippen LogP contribution in [0.5, 0.6) is 5.75 Å². The molecular formula is C22H26N4O5S. The van der Waals surface area contributed by atoms with Crippen molar-refractivity contribution < 1.29 is 23.9 Å².